The highest BCUT2D eigenvalue weighted by Gasteiger charge is 2.14. The van der Waals surface area contributed by atoms with Crippen LogP contribution in [0.2, 0.25) is 0 Å². The summed E-state index contributed by atoms with van der Waals surface area (Å²) in [6.45, 7) is -0.167. The van der Waals surface area contributed by atoms with E-state index < -0.39 is 5.97 Å². The summed E-state index contributed by atoms with van der Waals surface area (Å²) in [5.41, 5.74) is 0.426. The summed E-state index contributed by atoms with van der Waals surface area (Å²) >= 11 is 1.39. The van der Waals surface area contributed by atoms with E-state index >= 15 is 0 Å². The number of methoxy groups -OCH3 is 1. The number of pyridine rings is 1. The average Bonchev–Trinajstić information content (AvgIpc) is 2.53. The van der Waals surface area contributed by atoms with Gasteiger partial charge in [0, 0.05) is 11.1 Å². The summed E-state index contributed by atoms with van der Waals surface area (Å²) < 4.78 is 4.49. The van der Waals surface area contributed by atoms with Crippen LogP contribution in [0.25, 0.3) is 0 Å². The molecule has 2 aromatic rings. The van der Waals surface area contributed by atoms with Gasteiger partial charge in [-0.2, -0.15) is 0 Å². The summed E-state index contributed by atoms with van der Waals surface area (Å²) in [7, 11) is 1.27. The molecule has 108 valence electrons. The Hall–Kier alpha value is -2.34. The Morgan fingerprint density at radius 2 is 1.95 bits per heavy atom. The molecule has 0 unspecified atom stereocenters. The van der Waals surface area contributed by atoms with Crippen molar-refractivity contribution in [1.82, 2.24) is 10.3 Å². The van der Waals surface area contributed by atoms with Gasteiger partial charge in [0.05, 0.1) is 12.7 Å². The third kappa shape index (κ3) is 4.32. The van der Waals surface area contributed by atoms with E-state index in [1.807, 2.05) is 30.3 Å². The van der Waals surface area contributed by atoms with Crippen molar-refractivity contribution in [2.24, 2.45) is 0 Å². The van der Waals surface area contributed by atoms with Gasteiger partial charge >= 0.3 is 5.97 Å². The molecule has 0 saturated carbocycles. The van der Waals surface area contributed by atoms with Crippen molar-refractivity contribution in [2.75, 3.05) is 13.7 Å². The molecule has 0 aliphatic rings. The van der Waals surface area contributed by atoms with Crippen molar-refractivity contribution < 1.29 is 14.3 Å². The zero-order valence-electron chi connectivity index (χ0n) is 11.4. The van der Waals surface area contributed by atoms with Crippen LogP contribution < -0.4 is 5.32 Å². The van der Waals surface area contributed by atoms with Crippen LogP contribution >= 0.6 is 11.8 Å². The Morgan fingerprint density at radius 3 is 2.67 bits per heavy atom. The Balaban J connectivity index is 2.13. The number of ether oxygens (including phenoxy) is 1. The predicted molar refractivity (Wildman–Crippen MR) is 79.2 cm³/mol. The topological polar surface area (TPSA) is 68.3 Å². The highest BCUT2D eigenvalue weighted by atomic mass is 32.2. The van der Waals surface area contributed by atoms with Gasteiger partial charge in [-0.05, 0) is 24.3 Å². The third-order valence-electron chi connectivity index (χ3n) is 2.59. The lowest BCUT2D eigenvalue weighted by Crippen LogP contribution is -2.30. The lowest BCUT2D eigenvalue weighted by Gasteiger charge is -2.08. The lowest BCUT2D eigenvalue weighted by atomic mass is 10.2. The Labute approximate surface area is 126 Å². The van der Waals surface area contributed by atoms with Crippen LogP contribution in [-0.4, -0.2) is 30.5 Å². The maximum atomic E-state index is 12.1. The van der Waals surface area contributed by atoms with Crippen LogP contribution in [0, 0.1) is 0 Å². The van der Waals surface area contributed by atoms with E-state index in [9.17, 15) is 9.59 Å². The standard InChI is InChI=1S/C15H14N2O3S/c1-20-13(18)10-17-14(19)12-8-5-9-16-15(12)21-11-6-3-2-4-7-11/h2-9H,10H2,1H3,(H,17,19). The van der Waals surface area contributed by atoms with Crippen molar-refractivity contribution in [3.05, 3.63) is 54.2 Å². The molecule has 1 heterocycles. The van der Waals surface area contributed by atoms with Crippen LogP contribution in [0.1, 0.15) is 10.4 Å². The molecule has 1 N–H and O–H groups in total. The first-order valence-corrected chi connectivity index (χ1v) is 7.05. The molecule has 0 aliphatic carbocycles. The maximum absolute atomic E-state index is 12.1. The van der Waals surface area contributed by atoms with E-state index in [4.69, 9.17) is 0 Å². The highest BCUT2D eigenvalue weighted by molar-refractivity contribution is 7.99. The number of carbonyl (C=O) groups excluding carboxylic acids is 2. The predicted octanol–water partition coefficient (Wildman–Crippen LogP) is 2.14. The van der Waals surface area contributed by atoms with Gasteiger partial charge in [-0.1, -0.05) is 30.0 Å². The fourth-order valence-corrected chi connectivity index (χ4v) is 2.47. The fraction of sp³-hybridized carbons (Fsp3) is 0.133. The molecule has 0 atom stereocenters. The Kier molecular flexibility index (Phi) is 5.34. The maximum Gasteiger partial charge on any atom is 0.325 e. The van der Waals surface area contributed by atoms with Gasteiger partial charge in [-0.25, -0.2) is 4.98 Å². The number of amides is 1. The van der Waals surface area contributed by atoms with Crippen molar-refractivity contribution in [1.29, 1.82) is 0 Å². The van der Waals surface area contributed by atoms with Crippen LogP contribution in [0.5, 0.6) is 0 Å². The number of nitrogens with zero attached hydrogens (tertiary/aromatic N) is 1. The van der Waals surface area contributed by atoms with E-state index in [1.165, 1.54) is 18.9 Å². The fourth-order valence-electron chi connectivity index (χ4n) is 1.56. The molecule has 2 rings (SSSR count). The first kappa shape index (κ1) is 15.1. The zero-order valence-corrected chi connectivity index (χ0v) is 12.2. The molecule has 0 saturated heterocycles. The van der Waals surface area contributed by atoms with Gasteiger partial charge in [0.25, 0.3) is 5.91 Å². The molecule has 1 aromatic carbocycles. The van der Waals surface area contributed by atoms with E-state index in [2.05, 4.69) is 15.0 Å². The summed E-state index contributed by atoms with van der Waals surface area (Å²) in [4.78, 5) is 28.4. The SMILES string of the molecule is COC(=O)CNC(=O)c1cccnc1Sc1ccccc1. The molecule has 0 aliphatic heterocycles. The zero-order chi connectivity index (χ0) is 15.1. The van der Waals surface area contributed by atoms with E-state index in [0.29, 0.717) is 10.6 Å². The second kappa shape index (κ2) is 7.44. The molecule has 21 heavy (non-hydrogen) atoms. The quantitative estimate of drug-likeness (QED) is 0.857. The van der Waals surface area contributed by atoms with Gasteiger partial charge < -0.3 is 10.1 Å². The number of carbonyl (C=O) groups is 2. The second-order valence-electron chi connectivity index (χ2n) is 4.03. The average molecular weight is 302 g/mol. The minimum Gasteiger partial charge on any atom is -0.468 e. The highest BCUT2D eigenvalue weighted by Crippen LogP contribution is 2.28. The Morgan fingerprint density at radius 1 is 1.19 bits per heavy atom. The number of hydrogen-bond donors (Lipinski definition) is 1. The normalized spacial score (nSPS) is 9.95. The first-order chi connectivity index (χ1) is 10.2. The number of hydrogen-bond acceptors (Lipinski definition) is 5. The largest absolute Gasteiger partial charge is 0.468 e. The van der Waals surface area contributed by atoms with Crippen LogP contribution in [-0.2, 0) is 9.53 Å². The first-order valence-electron chi connectivity index (χ1n) is 6.23. The molecule has 0 spiro atoms. The minimum atomic E-state index is -0.496. The van der Waals surface area contributed by atoms with Gasteiger partial charge in [0.1, 0.15) is 11.6 Å². The second-order valence-corrected chi connectivity index (χ2v) is 5.09. The van der Waals surface area contributed by atoms with E-state index in [1.54, 1.807) is 18.3 Å². The van der Waals surface area contributed by atoms with Gasteiger partial charge in [-0.3, -0.25) is 9.59 Å². The third-order valence-corrected chi connectivity index (χ3v) is 3.62. The molecule has 0 bridgehead atoms. The number of aromatic nitrogens is 1. The number of rotatable bonds is 5. The van der Waals surface area contributed by atoms with Gasteiger partial charge in [-0.15, -0.1) is 0 Å². The molecule has 6 heteroatoms. The van der Waals surface area contributed by atoms with Crippen LogP contribution in [0.15, 0.2) is 58.6 Å². The summed E-state index contributed by atoms with van der Waals surface area (Å²) in [5, 5.41) is 3.10. The van der Waals surface area contributed by atoms with Crippen LogP contribution in [0.4, 0.5) is 0 Å². The summed E-state index contributed by atoms with van der Waals surface area (Å²) in [6, 6.07) is 13.0. The molecule has 0 fully saturated rings. The molecule has 1 amide bonds. The minimum absolute atomic E-state index is 0.167. The molecular formula is C15H14N2O3S. The smallest absolute Gasteiger partial charge is 0.325 e. The monoisotopic (exact) mass is 302 g/mol. The van der Waals surface area contributed by atoms with E-state index in [0.717, 1.165) is 4.90 Å². The summed E-state index contributed by atoms with van der Waals surface area (Å²) in [5.74, 6) is -0.851. The Bertz CT molecular complexity index is 632. The summed E-state index contributed by atoms with van der Waals surface area (Å²) in [6.07, 6.45) is 1.63. The number of benzene rings is 1. The van der Waals surface area contributed by atoms with E-state index in [-0.39, 0.29) is 12.5 Å². The molecule has 1 aromatic heterocycles. The molecule has 5 nitrogen and oxygen atoms in total. The van der Waals surface area contributed by atoms with Crippen molar-refractivity contribution in [3.63, 3.8) is 0 Å². The molecular weight excluding hydrogens is 288 g/mol. The van der Waals surface area contributed by atoms with Crippen LogP contribution in [0.3, 0.4) is 0 Å². The van der Waals surface area contributed by atoms with Crippen molar-refractivity contribution in [3.8, 4) is 0 Å². The van der Waals surface area contributed by atoms with Gasteiger partial charge in [0.15, 0.2) is 0 Å². The molecule has 0 radical (unpaired) electrons. The van der Waals surface area contributed by atoms with Gasteiger partial charge in [0.2, 0.25) is 0 Å². The number of nitrogens with one attached hydrogen (secondary N) is 1. The lowest BCUT2D eigenvalue weighted by molar-refractivity contribution is -0.139. The van der Waals surface area contributed by atoms with Crippen molar-refractivity contribution >= 4 is 23.6 Å². The van der Waals surface area contributed by atoms with Crippen molar-refractivity contribution in [2.45, 2.75) is 9.92 Å². The number of esters is 1.